The molecular weight excluding hydrogens is 647 g/mol. The Bertz CT molecular complexity index is 2910. The van der Waals surface area contributed by atoms with Crippen LogP contribution in [0.5, 0.6) is 0 Å². The van der Waals surface area contributed by atoms with E-state index in [0.717, 1.165) is 68.2 Å². The van der Waals surface area contributed by atoms with Crippen LogP contribution < -0.4 is 10.4 Å². The highest BCUT2D eigenvalue weighted by Crippen LogP contribution is 2.42. The number of para-hydroxylation sites is 1. The van der Waals surface area contributed by atoms with Crippen LogP contribution in [0, 0.1) is 0 Å². The minimum absolute atomic E-state index is 0.600. The molecule has 250 valence electrons. The summed E-state index contributed by atoms with van der Waals surface area (Å²) in [6.07, 6.45) is 4.41. The van der Waals surface area contributed by atoms with Crippen LogP contribution in [0.25, 0.3) is 90.0 Å². The third-order valence-corrected chi connectivity index (χ3v) is 10.3. The largest absolute Gasteiger partial charge is 0.456 e. The zero-order chi connectivity index (χ0) is 35.1. The number of hydrogen-bond acceptors (Lipinski definition) is 4. The highest BCUT2D eigenvalue weighted by Gasteiger charge is 2.22. The van der Waals surface area contributed by atoms with Gasteiger partial charge in [-0.3, -0.25) is 0 Å². The Balaban J connectivity index is 1.19. The molecular formula is C49H33N3O. The van der Waals surface area contributed by atoms with Crippen molar-refractivity contribution in [1.29, 1.82) is 0 Å². The number of fused-ring (bicyclic) bond motifs is 4. The van der Waals surface area contributed by atoms with Crippen LogP contribution in [-0.4, -0.2) is 15.0 Å². The molecule has 10 rings (SSSR count). The molecule has 7 aromatic carbocycles. The predicted molar refractivity (Wildman–Crippen MR) is 216 cm³/mol. The van der Waals surface area contributed by atoms with Crippen molar-refractivity contribution in [2.75, 3.05) is 0 Å². The van der Waals surface area contributed by atoms with Gasteiger partial charge in [-0.2, -0.15) is 0 Å². The van der Waals surface area contributed by atoms with E-state index in [1.165, 1.54) is 27.1 Å². The predicted octanol–water partition coefficient (Wildman–Crippen LogP) is 10.9. The zero-order valence-corrected chi connectivity index (χ0v) is 28.9. The molecule has 4 heteroatoms. The molecule has 0 N–H and O–H groups in total. The van der Waals surface area contributed by atoms with Crippen molar-refractivity contribution < 1.29 is 4.42 Å². The molecule has 0 aliphatic heterocycles. The Labute approximate surface area is 307 Å². The van der Waals surface area contributed by atoms with Crippen LogP contribution >= 0.6 is 0 Å². The maximum atomic E-state index is 6.44. The average molecular weight is 680 g/mol. The molecule has 1 aliphatic rings. The molecule has 0 saturated carbocycles. The van der Waals surface area contributed by atoms with Crippen molar-refractivity contribution >= 4 is 33.6 Å². The maximum Gasteiger partial charge on any atom is 0.165 e. The lowest BCUT2D eigenvalue weighted by molar-refractivity contribution is 0.669. The van der Waals surface area contributed by atoms with Gasteiger partial charge in [0.1, 0.15) is 11.2 Å². The van der Waals surface area contributed by atoms with Gasteiger partial charge < -0.3 is 4.42 Å². The minimum atomic E-state index is 0.600. The molecule has 0 bridgehead atoms. The molecule has 2 aromatic heterocycles. The summed E-state index contributed by atoms with van der Waals surface area (Å²) in [5, 5.41) is 4.65. The normalized spacial score (nSPS) is 12.5. The molecule has 0 fully saturated rings. The Morgan fingerprint density at radius 1 is 0.415 bits per heavy atom. The topological polar surface area (TPSA) is 51.8 Å². The van der Waals surface area contributed by atoms with E-state index in [9.17, 15) is 0 Å². The van der Waals surface area contributed by atoms with Crippen LogP contribution in [0.1, 0.15) is 18.4 Å². The van der Waals surface area contributed by atoms with E-state index in [4.69, 9.17) is 19.4 Å². The second-order valence-corrected chi connectivity index (χ2v) is 13.5. The van der Waals surface area contributed by atoms with E-state index in [1.54, 1.807) is 0 Å². The van der Waals surface area contributed by atoms with Crippen LogP contribution in [0.3, 0.4) is 0 Å². The van der Waals surface area contributed by atoms with Crippen molar-refractivity contribution in [3.8, 4) is 56.4 Å². The minimum Gasteiger partial charge on any atom is -0.456 e. The molecule has 0 radical (unpaired) electrons. The quantitative estimate of drug-likeness (QED) is 0.176. The summed E-state index contributed by atoms with van der Waals surface area (Å²) < 4.78 is 6.44. The fourth-order valence-electron chi connectivity index (χ4n) is 7.67. The molecule has 0 saturated heterocycles. The van der Waals surface area contributed by atoms with E-state index in [2.05, 4.69) is 127 Å². The van der Waals surface area contributed by atoms with Crippen LogP contribution in [0.4, 0.5) is 0 Å². The molecule has 1 aliphatic carbocycles. The molecule has 0 spiro atoms. The summed E-state index contributed by atoms with van der Waals surface area (Å²) in [7, 11) is 0. The molecule has 2 heterocycles. The summed E-state index contributed by atoms with van der Waals surface area (Å²) in [5.74, 6) is 1.83. The van der Waals surface area contributed by atoms with Gasteiger partial charge >= 0.3 is 0 Å². The Morgan fingerprint density at radius 2 is 0.981 bits per heavy atom. The van der Waals surface area contributed by atoms with Crippen molar-refractivity contribution in [3.05, 3.63) is 186 Å². The molecule has 0 amide bonds. The molecule has 4 nitrogen and oxygen atoms in total. The van der Waals surface area contributed by atoms with Gasteiger partial charge in [0.2, 0.25) is 0 Å². The van der Waals surface area contributed by atoms with Crippen molar-refractivity contribution in [2.24, 2.45) is 0 Å². The van der Waals surface area contributed by atoms with E-state index in [0.29, 0.717) is 17.5 Å². The second-order valence-electron chi connectivity index (χ2n) is 13.5. The fraction of sp³-hybridized carbons (Fsp3) is 0.0408. The van der Waals surface area contributed by atoms with Crippen molar-refractivity contribution in [1.82, 2.24) is 15.0 Å². The van der Waals surface area contributed by atoms with Gasteiger partial charge in [-0.05, 0) is 74.9 Å². The van der Waals surface area contributed by atoms with Gasteiger partial charge in [0.25, 0.3) is 0 Å². The van der Waals surface area contributed by atoms with Crippen LogP contribution in [0.15, 0.2) is 174 Å². The highest BCUT2D eigenvalue weighted by atomic mass is 16.3. The van der Waals surface area contributed by atoms with Gasteiger partial charge in [0, 0.05) is 27.5 Å². The number of hydrogen-bond donors (Lipinski definition) is 0. The van der Waals surface area contributed by atoms with E-state index in [1.807, 2.05) is 48.5 Å². The number of rotatable bonds is 6. The highest BCUT2D eigenvalue weighted by molar-refractivity contribution is 6.15. The summed E-state index contributed by atoms with van der Waals surface area (Å²) in [5.41, 5.74) is 11.5. The average Bonchev–Trinajstić information content (AvgIpc) is 3.63. The summed E-state index contributed by atoms with van der Waals surface area (Å²) >= 11 is 0. The Kier molecular flexibility index (Phi) is 7.58. The first kappa shape index (κ1) is 30.9. The van der Waals surface area contributed by atoms with E-state index < -0.39 is 0 Å². The maximum absolute atomic E-state index is 6.44. The van der Waals surface area contributed by atoms with Crippen molar-refractivity contribution in [2.45, 2.75) is 12.8 Å². The fourth-order valence-corrected chi connectivity index (χ4v) is 7.67. The molecule has 9 aromatic rings. The SMILES string of the molecule is C1=c2ccccc2=C(c2ccc(-c3ccc4oc5ccccc5c4c3-c3nc(-c4ccccc4)nc(-c4ccc(-c5ccccc5)cc4)n3)cc2)CC1. The number of furan rings is 1. The Hall–Kier alpha value is -6.91. The molecule has 0 atom stereocenters. The van der Waals surface area contributed by atoms with Gasteiger partial charge in [-0.15, -0.1) is 0 Å². The van der Waals surface area contributed by atoms with Gasteiger partial charge in [-0.25, -0.2) is 15.0 Å². The second kappa shape index (κ2) is 13.0. The monoisotopic (exact) mass is 679 g/mol. The van der Waals surface area contributed by atoms with E-state index in [-0.39, 0.29) is 0 Å². The molecule has 0 unspecified atom stereocenters. The lowest BCUT2D eigenvalue weighted by Gasteiger charge is -2.15. The van der Waals surface area contributed by atoms with Crippen molar-refractivity contribution in [3.63, 3.8) is 0 Å². The van der Waals surface area contributed by atoms with Crippen LogP contribution in [-0.2, 0) is 0 Å². The first-order valence-corrected chi connectivity index (χ1v) is 18.1. The zero-order valence-electron chi connectivity index (χ0n) is 28.9. The first-order chi connectivity index (χ1) is 26.3. The third-order valence-electron chi connectivity index (χ3n) is 10.3. The Morgan fingerprint density at radius 3 is 1.75 bits per heavy atom. The van der Waals surface area contributed by atoms with Crippen LogP contribution in [0.2, 0.25) is 0 Å². The summed E-state index contributed by atoms with van der Waals surface area (Å²) in [4.78, 5) is 15.6. The van der Waals surface area contributed by atoms with Gasteiger partial charge in [0.15, 0.2) is 17.5 Å². The number of benzene rings is 7. The van der Waals surface area contributed by atoms with Gasteiger partial charge in [0.05, 0.1) is 0 Å². The lowest BCUT2D eigenvalue weighted by atomic mass is 9.90. The van der Waals surface area contributed by atoms with E-state index >= 15 is 0 Å². The third kappa shape index (κ3) is 5.62. The smallest absolute Gasteiger partial charge is 0.165 e. The van der Waals surface area contributed by atoms with Gasteiger partial charge in [-0.1, -0.05) is 158 Å². The number of nitrogens with zero attached hydrogens (tertiary/aromatic N) is 3. The standard InChI is InChI=1S/C49H33N3O/c1-3-12-32(13-4-1)33-22-28-38(29-23-33)48-50-47(37-15-5-2-6-16-37)51-49(52-48)46-41(30-31-44-45(46)42-19-9-10-21-43(42)53-44)36-26-24-35(25-27-36)40-20-11-17-34-14-7-8-18-39(34)40/h1-10,12-19,21-31H,11,20H2. The lowest BCUT2D eigenvalue weighted by Crippen LogP contribution is -2.29. The first-order valence-electron chi connectivity index (χ1n) is 18.1. The number of aromatic nitrogens is 3. The summed E-state index contributed by atoms with van der Waals surface area (Å²) in [6.45, 7) is 0. The summed E-state index contributed by atoms with van der Waals surface area (Å²) in [6, 6.07) is 59.1. The molecule has 53 heavy (non-hydrogen) atoms.